The lowest BCUT2D eigenvalue weighted by atomic mass is 9.81. The largest absolute Gasteiger partial charge is 0.293 e. The van der Waals surface area contributed by atoms with Crippen molar-refractivity contribution in [3.8, 4) is 0 Å². The molecule has 0 radical (unpaired) electrons. The van der Waals surface area contributed by atoms with Gasteiger partial charge in [-0.15, -0.1) is 0 Å². The van der Waals surface area contributed by atoms with E-state index in [-0.39, 0.29) is 36.0 Å². The van der Waals surface area contributed by atoms with Gasteiger partial charge in [0.05, 0.1) is 11.8 Å². The standard InChI is InChI=1S/C23H26N4O3/c1-14-12-15(2)25-23(24-14)26-20(28)19(13-16-8-4-3-5-9-16)27-21(29)17-10-6-7-11-18(17)22(27)30/h3-5,8-9,12,17-19H,6-7,10-11,13H2,1-2H3,(H,24,25,26,28)/t17-,18+,19-/m0/s1. The van der Waals surface area contributed by atoms with E-state index in [1.54, 1.807) is 0 Å². The molecular weight excluding hydrogens is 380 g/mol. The van der Waals surface area contributed by atoms with E-state index < -0.39 is 11.9 Å². The molecule has 0 bridgehead atoms. The van der Waals surface area contributed by atoms with Gasteiger partial charge in [-0.25, -0.2) is 9.97 Å². The van der Waals surface area contributed by atoms with E-state index in [1.165, 1.54) is 4.90 Å². The summed E-state index contributed by atoms with van der Waals surface area (Å²) >= 11 is 0. The number of hydrogen-bond acceptors (Lipinski definition) is 5. The average molecular weight is 406 g/mol. The molecule has 2 aromatic rings. The van der Waals surface area contributed by atoms with Crippen molar-refractivity contribution in [2.75, 3.05) is 5.32 Å². The summed E-state index contributed by atoms with van der Waals surface area (Å²) in [6.07, 6.45) is 3.57. The number of aryl methyl sites for hydroxylation is 2. The number of amides is 3. The van der Waals surface area contributed by atoms with Crippen LogP contribution in [-0.4, -0.2) is 38.6 Å². The van der Waals surface area contributed by atoms with Crippen LogP contribution < -0.4 is 5.32 Å². The van der Waals surface area contributed by atoms with Crippen molar-refractivity contribution in [3.05, 3.63) is 53.3 Å². The number of nitrogens with one attached hydrogen (secondary N) is 1. The number of imide groups is 1. The van der Waals surface area contributed by atoms with E-state index in [1.807, 2.05) is 50.2 Å². The molecule has 1 saturated heterocycles. The number of rotatable bonds is 5. The van der Waals surface area contributed by atoms with Gasteiger partial charge in [0.25, 0.3) is 0 Å². The maximum absolute atomic E-state index is 13.3. The fourth-order valence-electron chi connectivity index (χ4n) is 4.61. The van der Waals surface area contributed by atoms with Gasteiger partial charge in [0, 0.05) is 17.8 Å². The van der Waals surface area contributed by atoms with Gasteiger partial charge in [0.1, 0.15) is 6.04 Å². The third-order valence-corrected chi connectivity index (χ3v) is 5.98. The molecule has 7 heteroatoms. The lowest BCUT2D eigenvalue weighted by Crippen LogP contribution is -2.49. The van der Waals surface area contributed by atoms with Gasteiger partial charge in [-0.2, -0.15) is 0 Å². The lowest BCUT2D eigenvalue weighted by Gasteiger charge is -2.26. The van der Waals surface area contributed by atoms with Crippen LogP contribution in [0.1, 0.15) is 42.6 Å². The normalized spacial score (nSPS) is 22.0. The SMILES string of the molecule is Cc1cc(C)nc(NC(=O)[C@H](Cc2ccccc2)N2C(=O)[C@H]3CCCC[C@H]3C2=O)n1. The molecule has 1 aliphatic carbocycles. The molecule has 2 heterocycles. The predicted octanol–water partition coefficient (Wildman–Crippen LogP) is 2.82. The molecule has 2 fully saturated rings. The highest BCUT2D eigenvalue weighted by atomic mass is 16.2. The first-order valence-corrected chi connectivity index (χ1v) is 10.5. The van der Waals surface area contributed by atoms with E-state index in [2.05, 4.69) is 15.3 Å². The fraction of sp³-hybridized carbons (Fsp3) is 0.435. The van der Waals surface area contributed by atoms with Crippen LogP contribution in [-0.2, 0) is 20.8 Å². The molecule has 3 amide bonds. The maximum atomic E-state index is 13.3. The monoisotopic (exact) mass is 406 g/mol. The van der Waals surface area contributed by atoms with Gasteiger partial charge in [-0.1, -0.05) is 43.2 Å². The molecule has 0 spiro atoms. The summed E-state index contributed by atoms with van der Waals surface area (Å²) in [5, 5.41) is 2.74. The van der Waals surface area contributed by atoms with E-state index in [9.17, 15) is 14.4 Å². The highest BCUT2D eigenvalue weighted by Gasteiger charge is 2.51. The van der Waals surface area contributed by atoms with Gasteiger partial charge < -0.3 is 0 Å². The fourth-order valence-corrected chi connectivity index (χ4v) is 4.61. The number of benzene rings is 1. The van der Waals surface area contributed by atoms with Crippen molar-refractivity contribution in [2.24, 2.45) is 11.8 Å². The third kappa shape index (κ3) is 3.97. The van der Waals surface area contributed by atoms with Crippen molar-refractivity contribution < 1.29 is 14.4 Å². The number of likely N-dealkylation sites (tertiary alicyclic amines) is 1. The lowest BCUT2D eigenvalue weighted by molar-refractivity contribution is -0.146. The van der Waals surface area contributed by atoms with E-state index in [0.717, 1.165) is 29.8 Å². The molecule has 7 nitrogen and oxygen atoms in total. The van der Waals surface area contributed by atoms with Gasteiger partial charge in [-0.05, 0) is 38.3 Å². The van der Waals surface area contributed by atoms with Crippen molar-refractivity contribution in [3.63, 3.8) is 0 Å². The zero-order chi connectivity index (χ0) is 21.3. The molecule has 1 aliphatic heterocycles. The number of carbonyl (C=O) groups excluding carboxylic acids is 3. The average Bonchev–Trinajstić information content (AvgIpc) is 2.97. The second-order valence-corrected chi connectivity index (χ2v) is 8.21. The molecule has 4 rings (SSSR count). The second-order valence-electron chi connectivity index (χ2n) is 8.21. The molecule has 30 heavy (non-hydrogen) atoms. The van der Waals surface area contributed by atoms with Crippen LogP contribution >= 0.6 is 0 Å². The zero-order valence-corrected chi connectivity index (χ0v) is 17.3. The maximum Gasteiger partial charge on any atom is 0.250 e. The molecule has 1 aromatic carbocycles. The molecule has 3 atom stereocenters. The Kier molecular flexibility index (Phi) is 5.61. The Hall–Kier alpha value is -3.09. The quantitative estimate of drug-likeness (QED) is 0.771. The first-order chi connectivity index (χ1) is 14.4. The summed E-state index contributed by atoms with van der Waals surface area (Å²) in [5.41, 5.74) is 2.35. The van der Waals surface area contributed by atoms with Gasteiger partial charge in [0.15, 0.2) is 0 Å². The number of fused-ring (bicyclic) bond motifs is 1. The first-order valence-electron chi connectivity index (χ1n) is 10.5. The summed E-state index contributed by atoms with van der Waals surface area (Å²) in [6.45, 7) is 3.65. The number of hydrogen-bond donors (Lipinski definition) is 1. The molecule has 1 N–H and O–H groups in total. The molecule has 1 saturated carbocycles. The number of anilines is 1. The molecule has 0 unspecified atom stereocenters. The van der Waals surface area contributed by atoms with Crippen molar-refractivity contribution in [1.29, 1.82) is 0 Å². The van der Waals surface area contributed by atoms with Crippen LogP contribution in [0.15, 0.2) is 36.4 Å². The van der Waals surface area contributed by atoms with Crippen LogP contribution in [0, 0.1) is 25.7 Å². The topological polar surface area (TPSA) is 92.3 Å². The summed E-state index contributed by atoms with van der Waals surface area (Å²) < 4.78 is 0. The van der Waals surface area contributed by atoms with Crippen LogP contribution in [0.4, 0.5) is 5.95 Å². The van der Waals surface area contributed by atoms with Crippen molar-refractivity contribution >= 4 is 23.7 Å². The third-order valence-electron chi connectivity index (χ3n) is 5.98. The smallest absolute Gasteiger partial charge is 0.250 e. The van der Waals surface area contributed by atoms with Gasteiger partial charge in [-0.3, -0.25) is 24.6 Å². The highest BCUT2D eigenvalue weighted by Crippen LogP contribution is 2.39. The van der Waals surface area contributed by atoms with E-state index in [4.69, 9.17) is 0 Å². The Morgan fingerprint density at radius 1 is 1.03 bits per heavy atom. The minimum atomic E-state index is -0.928. The summed E-state index contributed by atoms with van der Waals surface area (Å²) in [4.78, 5) is 49.3. The molecule has 1 aromatic heterocycles. The zero-order valence-electron chi connectivity index (χ0n) is 17.3. The Bertz CT molecular complexity index is 931. The Morgan fingerprint density at radius 3 is 2.17 bits per heavy atom. The summed E-state index contributed by atoms with van der Waals surface area (Å²) in [6, 6.07) is 10.3. The highest BCUT2D eigenvalue weighted by molar-refractivity contribution is 6.09. The van der Waals surface area contributed by atoms with Gasteiger partial charge in [0.2, 0.25) is 23.7 Å². The van der Waals surface area contributed by atoms with Gasteiger partial charge >= 0.3 is 0 Å². The van der Waals surface area contributed by atoms with Crippen LogP contribution in [0.5, 0.6) is 0 Å². The van der Waals surface area contributed by atoms with E-state index >= 15 is 0 Å². The Balaban J connectivity index is 1.64. The van der Waals surface area contributed by atoms with E-state index in [0.29, 0.717) is 12.8 Å². The minimum absolute atomic E-state index is 0.187. The summed E-state index contributed by atoms with van der Waals surface area (Å²) in [7, 11) is 0. The number of carbonyl (C=O) groups is 3. The Morgan fingerprint density at radius 2 is 1.60 bits per heavy atom. The van der Waals surface area contributed by atoms with Crippen LogP contribution in [0.2, 0.25) is 0 Å². The number of nitrogens with zero attached hydrogens (tertiary/aromatic N) is 3. The molecule has 2 aliphatic rings. The van der Waals surface area contributed by atoms with Crippen molar-refractivity contribution in [1.82, 2.24) is 14.9 Å². The molecule has 156 valence electrons. The van der Waals surface area contributed by atoms with Crippen molar-refractivity contribution in [2.45, 2.75) is 52.0 Å². The Labute approximate surface area is 175 Å². The number of aromatic nitrogens is 2. The predicted molar refractivity (Wildman–Crippen MR) is 111 cm³/mol. The molecular formula is C23H26N4O3. The van der Waals surface area contributed by atoms with Crippen LogP contribution in [0.3, 0.4) is 0 Å². The summed E-state index contributed by atoms with van der Waals surface area (Å²) in [5.74, 6) is -1.29. The minimum Gasteiger partial charge on any atom is -0.293 e. The van der Waals surface area contributed by atoms with Crippen LogP contribution in [0.25, 0.3) is 0 Å². The second kappa shape index (κ2) is 8.34. The first kappa shape index (κ1) is 20.2.